The molecule has 6 heteroatoms. The number of pyridine rings is 1. The van der Waals surface area contributed by atoms with Gasteiger partial charge in [0.1, 0.15) is 18.4 Å². The number of benzene rings is 1. The van der Waals surface area contributed by atoms with Crippen molar-refractivity contribution >= 4 is 29.0 Å². The predicted octanol–water partition coefficient (Wildman–Crippen LogP) is 2.48. The fourth-order valence-electron chi connectivity index (χ4n) is 2.71. The lowest BCUT2D eigenvalue weighted by atomic mass is 10.0. The number of hydrogen-bond acceptors (Lipinski definition) is 4. The van der Waals surface area contributed by atoms with Crippen LogP contribution in [0.4, 0.5) is 17.2 Å². The highest BCUT2D eigenvalue weighted by Crippen LogP contribution is 2.33. The molecule has 2 aromatic rings. The average Bonchev–Trinajstić information content (AvgIpc) is 2.55. The predicted molar refractivity (Wildman–Crippen MR) is 94.2 cm³/mol. The highest BCUT2D eigenvalue weighted by molar-refractivity contribution is 6.09. The van der Waals surface area contributed by atoms with E-state index in [1.165, 1.54) is 4.90 Å². The second-order valence-corrected chi connectivity index (χ2v) is 6.01. The van der Waals surface area contributed by atoms with Crippen molar-refractivity contribution in [1.29, 1.82) is 0 Å². The molecule has 1 unspecified atom stereocenters. The van der Waals surface area contributed by atoms with Crippen LogP contribution in [0.3, 0.4) is 0 Å². The first-order valence-electron chi connectivity index (χ1n) is 7.86. The molecule has 124 valence electrons. The van der Waals surface area contributed by atoms with Gasteiger partial charge in [0, 0.05) is 6.20 Å². The van der Waals surface area contributed by atoms with Gasteiger partial charge < -0.3 is 10.6 Å². The van der Waals surface area contributed by atoms with Crippen molar-refractivity contribution in [2.45, 2.75) is 26.8 Å². The number of rotatable bonds is 3. The molecule has 1 aliphatic rings. The van der Waals surface area contributed by atoms with Crippen molar-refractivity contribution in [3.8, 4) is 0 Å². The lowest BCUT2D eigenvalue weighted by Gasteiger charge is -2.34. The molecule has 2 heterocycles. The van der Waals surface area contributed by atoms with E-state index in [-0.39, 0.29) is 24.4 Å². The number of amides is 2. The zero-order chi connectivity index (χ0) is 17.3. The van der Waals surface area contributed by atoms with Crippen LogP contribution >= 0.6 is 0 Å². The lowest BCUT2D eigenvalue weighted by molar-refractivity contribution is -0.122. The fourth-order valence-corrected chi connectivity index (χ4v) is 2.71. The van der Waals surface area contributed by atoms with Crippen molar-refractivity contribution in [2.24, 2.45) is 0 Å². The van der Waals surface area contributed by atoms with Crippen molar-refractivity contribution in [2.75, 3.05) is 22.1 Å². The van der Waals surface area contributed by atoms with Crippen LogP contribution in [0.25, 0.3) is 0 Å². The second-order valence-electron chi connectivity index (χ2n) is 6.01. The molecule has 0 saturated heterocycles. The van der Waals surface area contributed by atoms with E-state index in [4.69, 9.17) is 0 Å². The number of carbonyl (C=O) groups excluding carboxylic acids is 2. The van der Waals surface area contributed by atoms with Gasteiger partial charge in [-0.1, -0.05) is 6.07 Å². The van der Waals surface area contributed by atoms with E-state index in [9.17, 15) is 9.59 Å². The molecule has 3 rings (SSSR count). The number of aromatic nitrogens is 1. The smallest absolute Gasteiger partial charge is 0.249 e. The summed E-state index contributed by atoms with van der Waals surface area (Å²) in [4.78, 5) is 30.5. The molecule has 24 heavy (non-hydrogen) atoms. The van der Waals surface area contributed by atoms with E-state index in [0.717, 1.165) is 22.5 Å². The van der Waals surface area contributed by atoms with Crippen LogP contribution in [0.5, 0.6) is 0 Å². The summed E-state index contributed by atoms with van der Waals surface area (Å²) in [5, 5.41) is 5.91. The zero-order valence-corrected chi connectivity index (χ0v) is 14.0. The molecule has 1 aromatic carbocycles. The number of carbonyl (C=O) groups is 2. The summed E-state index contributed by atoms with van der Waals surface area (Å²) < 4.78 is 0. The number of nitrogens with zero attached hydrogens (tertiary/aromatic N) is 2. The number of nitrogens with one attached hydrogen (secondary N) is 2. The maximum atomic E-state index is 12.5. The molecule has 1 aliphatic heterocycles. The van der Waals surface area contributed by atoms with Crippen LogP contribution in [0, 0.1) is 13.8 Å². The maximum Gasteiger partial charge on any atom is 0.249 e. The summed E-state index contributed by atoms with van der Waals surface area (Å²) in [5.41, 5.74) is 3.82. The lowest BCUT2D eigenvalue weighted by Crippen LogP contribution is -2.48. The van der Waals surface area contributed by atoms with Crippen molar-refractivity contribution in [3.63, 3.8) is 0 Å². The third kappa shape index (κ3) is 3.08. The highest BCUT2D eigenvalue weighted by atomic mass is 16.2. The Morgan fingerprint density at radius 2 is 2.04 bits per heavy atom. The van der Waals surface area contributed by atoms with Crippen LogP contribution in [-0.2, 0) is 9.59 Å². The zero-order valence-electron chi connectivity index (χ0n) is 14.0. The van der Waals surface area contributed by atoms with Crippen LogP contribution in [0.1, 0.15) is 18.1 Å². The van der Waals surface area contributed by atoms with Gasteiger partial charge in [-0.3, -0.25) is 14.5 Å². The van der Waals surface area contributed by atoms with Gasteiger partial charge in [-0.25, -0.2) is 4.98 Å². The Morgan fingerprint density at radius 1 is 1.29 bits per heavy atom. The molecular weight excluding hydrogens is 304 g/mol. The van der Waals surface area contributed by atoms with E-state index in [1.54, 1.807) is 31.3 Å². The summed E-state index contributed by atoms with van der Waals surface area (Å²) in [6.07, 6.45) is 1.61. The molecule has 1 atom stereocenters. The van der Waals surface area contributed by atoms with E-state index >= 15 is 0 Å². The summed E-state index contributed by atoms with van der Waals surface area (Å²) in [6.45, 7) is 5.77. The summed E-state index contributed by atoms with van der Waals surface area (Å²) in [7, 11) is 0. The standard InChI is InChI=1S/C18H20N4O2/c1-11-8-14-15(9-12(11)2)22(18(24)13(3)20-14)10-17(23)21-16-6-4-5-7-19-16/h4-9,13,20H,10H2,1-3H3,(H,19,21,23). The Morgan fingerprint density at radius 3 is 2.75 bits per heavy atom. The first-order chi connectivity index (χ1) is 11.5. The second kappa shape index (κ2) is 6.31. The van der Waals surface area contributed by atoms with Gasteiger partial charge in [-0.2, -0.15) is 0 Å². The number of fused-ring (bicyclic) bond motifs is 1. The monoisotopic (exact) mass is 324 g/mol. The van der Waals surface area contributed by atoms with Crippen LogP contribution in [-0.4, -0.2) is 29.4 Å². The van der Waals surface area contributed by atoms with E-state index < -0.39 is 0 Å². The van der Waals surface area contributed by atoms with Crippen LogP contribution < -0.4 is 15.5 Å². The number of hydrogen-bond donors (Lipinski definition) is 2. The molecule has 0 spiro atoms. The maximum absolute atomic E-state index is 12.5. The minimum absolute atomic E-state index is 0.0447. The molecule has 0 aliphatic carbocycles. The Bertz CT molecular complexity index is 789. The average molecular weight is 324 g/mol. The molecule has 2 amide bonds. The summed E-state index contributed by atoms with van der Waals surface area (Å²) in [6, 6.07) is 8.86. The quantitative estimate of drug-likeness (QED) is 0.909. The van der Waals surface area contributed by atoms with Crippen LogP contribution in [0.2, 0.25) is 0 Å². The molecule has 0 bridgehead atoms. The van der Waals surface area contributed by atoms with Gasteiger partial charge in [0.05, 0.1) is 11.4 Å². The van der Waals surface area contributed by atoms with Crippen molar-refractivity contribution < 1.29 is 9.59 Å². The summed E-state index contributed by atoms with van der Waals surface area (Å²) in [5.74, 6) is 0.0701. The molecule has 6 nitrogen and oxygen atoms in total. The first kappa shape index (κ1) is 16.0. The Labute approximate surface area is 140 Å². The van der Waals surface area contributed by atoms with E-state index in [1.807, 2.05) is 26.0 Å². The minimum atomic E-state index is -0.373. The van der Waals surface area contributed by atoms with Gasteiger partial charge in [-0.15, -0.1) is 0 Å². The van der Waals surface area contributed by atoms with E-state index in [0.29, 0.717) is 5.82 Å². The normalized spacial score (nSPS) is 16.4. The molecule has 0 saturated carbocycles. The van der Waals surface area contributed by atoms with Gasteiger partial charge >= 0.3 is 0 Å². The van der Waals surface area contributed by atoms with Crippen molar-refractivity contribution in [3.05, 3.63) is 47.7 Å². The first-order valence-corrected chi connectivity index (χ1v) is 7.86. The molecular formula is C18H20N4O2. The molecule has 1 aromatic heterocycles. The highest BCUT2D eigenvalue weighted by Gasteiger charge is 2.31. The third-order valence-electron chi connectivity index (χ3n) is 4.15. The molecule has 0 radical (unpaired) electrons. The summed E-state index contributed by atoms with van der Waals surface area (Å²) >= 11 is 0. The van der Waals surface area contributed by atoms with Gasteiger partial charge in [0.25, 0.3) is 0 Å². The van der Waals surface area contributed by atoms with Gasteiger partial charge in [0.15, 0.2) is 0 Å². The third-order valence-corrected chi connectivity index (χ3v) is 4.15. The largest absolute Gasteiger partial charge is 0.372 e. The van der Waals surface area contributed by atoms with E-state index in [2.05, 4.69) is 15.6 Å². The van der Waals surface area contributed by atoms with Gasteiger partial charge in [-0.05, 0) is 56.2 Å². The fraction of sp³-hybridized carbons (Fsp3) is 0.278. The SMILES string of the molecule is Cc1cc2c(cc1C)N(CC(=O)Nc1ccccn1)C(=O)C(C)N2. The minimum Gasteiger partial charge on any atom is -0.372 e. The molecule has 0 fully saturated rings. The Hall–Kier alpha value is -2.89. The van der Waals surface area contributed by atoms with Gasteiger partial charge in [0.2, 0.25) is 11.8 Å². The number of anilines is 3. The Kier molecular flexibility index (Phi) is 4.20. The molecule has 2 N–H and O–H groups in total. The Balaban J connectivity index is 1.85. The number of aryl methyl sites for hydroxylation is 2. The van der Waals surface area contributed by atoms with Crippen LogP contribution in [0.15, 0.2) is 36.5 Å². The van der Waals surface area contributed by atoms with Crippen molar-refractivity contribution in [1.82, 2.24) is 4.98 Å². The topological polar surface area (TPSA) is 74.3 Å².